The van der Waals surface area contributed by atoms with Crippen molar-refractivity contribution in [2.45, 2.75) is 52.9 Å². The van der Waals surface area contributed by atoms with Gasteiger partial charge in [0.05, 0.1) is 11.9 Å². The lowest BCUT2D eigenvalue weighted by Crippen LogP contribution is -2.36. The van der Waals surface area contributed by atoms with Crippen LogP contribution in [-0.2, 0) is 7.05 Å². The summed E-state index contributed by atoms with van der Waals surface area (Å²) in [6.07, 6.45) is 5.82. The van der Waals surface area contributed by atoms with Crippen LogP contribution >= 0.6 is 0 Å². The lowest BCUT2D eigenvalue weighted by Gasteiger charge is -2.41. The average molecular weight is 278 g/mol. The van der Waals surface area contributed by atoms with E-state index in [1.165, 1.54) is 25.0 Å². The Labute approximate surface area is 123 Å². The summed E-state index contributed by atoms with van der Waals surface area (Å²) in [6.45, 7) is 11.5. The van der Waals surface area contributed by atoms with E-state index in [0.29, 0.717) is 23.2 Å². The molecule has 2 unspecified atom stereocenters. The van der Waals surface area contributed by atoms with Gasteiger partial charge in [-0.25, -0.2) is 0 Å². The highest BCUT2D eigenvalue weighted by molar-refractivity contribution is 5.09. The summed E-state index contributed by atoms with van der Waals surface area (Å²) in [7, 11) is 2.02. The van der Waals surface area contributed by atoms with Gasteiger partial charge in [0.15, 0.2) is 0 Å². The maximum Gasteiger partial charge on any atom is 0.0728 e. The van der Waals surface area contributed by atoms with E-state index in [0.717, 1.165) is 13.1 Å². The van der Waals surface area contributed by atoms with E-state index in [9.17, 15) is 0 Å². The number of rotatable bonds is 5. The SMILES string of the molecule is CC(C)CNCC1CCC(C)(C)CC1c1cnnn1C. The fourth-order valence-corrected chi connectivity index (χ4v) is 3.42. The van der Waals surface area contributed by atoms with Gasteiger partial charge in [-0.1, -0.05) is 32.9 Å². The molecular formula is C16H30N4. The molecule has 0 aliphatic heterocycles. The highest BCUT2D eigenvalue weighted by Crippen LogP contribution is 2.46. The van der Waals surface area contributed by atoms with Gasteiger partial charge < -0.3 is 5.32 Å². The smallest absolute Gasteiger partial charge is 0.0728 e. The Morgan fingerprint density at radius 2 is 2.20 bits per heavy atom. The predicted octanol–water partition coefficient (Wildman–Crippen LogP) is 2.97. The molecule has 1 N–H and O–H groups in total. The van der Waals surface area contributed by atoms with Crippen molar-refractivity contribution in [3.63, 3.8) is 0 Å². The minimum absolute atomic E-state index is 0.434. The van der Waals surface area contributed by atoms with Crippen LogP contribution in [0, 0.1) is 17.3 Å². The van der Waals surface area contributed by atoms with Crippen LogP contribution in [-0.4, -0.2) is 28.1 Å². The Morgan fingerprint density at radius 1 is 1.45 bits per heavy atom. The molecule has 1 fully saturated rings. The van der Waals surface area contributed by atoms with Crippen molar-refractivity contribution >= 4 is 0 Å². The number of aromatic nitrogens is 3. The van der Waals surface area contributed by atoms with Crippen LogP contribution in [0.2, 0.25) is 0 Å². The summed E-state index contributed by atoms with van der Waals surface area (Å²) in [5.74, 6) is 2.00. The maximum atomic E-state index is 4.13. The van der Waals surface area contributed by atoms with Crippen LogP contribution in [0.3, 0.4) is 0 Å². The monoisotopic (exact) mass is 278 g/mol. The van der Waals surface area contributed by atoms with Crippen molar-refractivity contribution < 1.29 is 0 Å². The number of nitrogens with one attached hydrogen (secondary N) is 1. The topological polar surface area (TPSA) is 42.7 Å². The zero-order chi connectivity index (χ0) is 14.8. The summed E-state index contributed by atoms with van der Waals surface area (Å²) >= 11 is 0. The fourth-order valence-electron chi connectivity index (χ4n) is 3.42. The molecule has 4 nitrogen and oxygen atoms in total. The number of aryl methyl sites for hydroxylation is 1. The Hall–Kier alpha value is -0.900. The molecule has 0 saturated heterocycles. The summed E-state index contributed by atoms with van der Waals surface area (Å²) in [6, 6.07) is 0. The van der Waals surface area contributed by atoms with E-state index in [1.54, 1.807) is 0 Å². The van der Waals surface area contributed by atoms with E-state index in [-0.39, 0.29) is 0 Å². The molecule has 0 amide bonds. The standard InChI is InChI=1S/C16H30N4/c1-12(2)9-17-10-13-6-7-16(3,4)8-14(13)15-11-18-19-20(15)5/h11-14,17H,6-10H2,1-5H3. The minimum Gasteiger partial charge on any atom is -0.316 e. The summed E-state index contributed by atoms with van der Waals surface area (Å²) in [5.41, 5.74) is 1.73. The molecule has 1 aromatic rings. The van der Waals surface area contributed by atoms with E-state index in [4.69, 9.17) is 0 Å². The van der Waals surface area contributed by atoms with Crippen LogP contribution in [0.5, 0.6) is 0 Å². The van der Waals surface area contributed by atoms with Gasteiger partial charge in [0.25, 0.3) is 0 Å². The first kappa shape index (κ1) is 15.5. The van der Waals surface area contributed by atoms with Gasteiger partial charge in [0.1, 0.15) is 0 Å². The number of hydrogen-bond acceptors (Lipinski definition) is 3. The van der Waals surface area contributed by atoms with E-state index >= 15 is 0 Å². The largest absolute Gasteiger partial charge is 0.316 e. The average Bonchev–Trinajstić information content (AvgIpc) is 2.76. The molecule has 2 rings (SSSR count). The van der Waals surface area contributed by atoms with E-state index in [2.05, 4.69) is 43.3 Å². The van der Waals surface area contributed by atoms with Gasteiger partial charge in [0, 0.05) is 13.0 Å². The molecule has 1 aliphatic rings. The van der Waals surface area contributed by atoms with Gasteiger partial charge in [-0.15, -0.1) is 5.10 Å². The maximum absolute atomic E-state index is 4.13. The van der Waals surface area contributed by atoms with Gasteiger partial charge in [-0.05, 0) is 49.6 Å². The first-order valence-electron chi connectivity index (χ1n) is 7.94. The fraction of sp³-hybridized carbons (Fsp3) is 0.875. The Balaban J connectivity index is 2.07. The third-order valence-electron chi connectivity index (χ3n) is 4.62. The molecule has 0 radical (unpaired) electrons. The normalized spacial score (nSPS) is 26.1. The second kappa shape index (κ2) is 6.25. The zero-order valence-corrected chi connectivity index (χ0v) is 13.7. The van der Waals surface area contributed by atoms with Gasteiger partial charge in [0.2, 0.25) is 0 Å². The van der Waals surface area contributed by atoms with Crippen molar-refractivity contribution in [2.24, 2.45) is 24.3 Å². The van der Waals surface area contributed by atoms with Crippen LogP contribution in [0.25, 0.3) is 0 Å². The lowest BCUT2D eigenvalue weighted by atomic mass is 9.66. The number of nitrogens with zero attached hydrogens (tertiary/aromatic N) is 3. The molecule has 0 bridgehead atoms. The van der Waals surface area contributed by atoms with Crippen molar-refractivity contribution in [1.29, 1.82) is 0 Å². The van der Waals surface area contributed by atoms with Crippen LogP contribution < -0.4 is 5.32 Å². The minimum atomic E-state index is 0.434. The van der Waals surface area contributed by atoms with Crippen LogP contribution in [0.1, 0.15) is 58.6 Å². The highest BCUT2D eigenvalue weighted by atomic mass is 15.4. The van der Waals surface area contributed by atoms with Gasteiger partial charge in [-0.3, -0.25) is 4.68 Å². The highest BCUT2D eigenvalue weighted by Gasteiger charge is 2.36. The predicted molar refractivity (Wildman–Crippen MR) is 82.6 cm³/mol. The van der Waals surface area contributed by atoms with Gasteiger partial charge in [-0.2, -0.15) is 0 Å². The lowest BCUT2D eigenvalue weighted by molar-refractivity contribution is 0.154. The summed E-state index contributed by atoms with van der Waals surface area (Å²) < 4.78 is 1.96. The molecule has 2 atom stereocenters. The van der Waals surface area contributed by atoms with Crippen molar-refractivity contribution in [3.8, 4) is 0 Å². The molecule has 4 heteroatoms. The van der Waals surface area contributed by atoms with Crippen molar-refractivity contribution in [3.05, 3.63) is 11.9 Å². The second-order valence-corrected chi connectivity index (χ2v) is 7.61. The molecule has 0 spiro atoms. The Morgan fingerprint density at radius 3 is 2.80 bits per heavy atom. The second-order valence-electron chi connectivity index (χ2n) is 7.61. The first-order valence-corrected chi connectivity index (χ1v) is 7.94. The molecular weight excluding hydrogens is 248 g/mol. The van der Waals surface area contributed by atoms with Crippen LogP contribution in [0.4, 0.5) is 0 Å². The molecule has 20 heavy (non-hydrogen) atoms. The van der Waals surface area contributed by atoms with Crippen LogP contribution in [0.15, 0.2) is 6.20 Å². The molecule has 1 saturated carbocycles. The van der Waals surface area contributed by atoms with E-state index < -0.39 is 0 Å². The number of hydrogen-bond donors (Lipinski definition) is 1. The Kier molecular flexibility index (Phi) is 4.84. The third-order valence-corrected chi connectivity index (χ3v) is 4.62. The zero-order valence-electron chi connectivity index (χ0n) is 13.7. The Bertz CT molecular complexity index is 422. The van der Waals surface area contributed by atoms with E-state index in [1.807, 2.05) is 17.9 Å². The van der Waals surface area contributed by atoms with Crippen molar-refractivity contribution in [1.82, 2.24) is 20.3 Å². The molecule has 114 valence electrons. The van der Waals surface area contributed by atoms with Crippen molar-refractivity contribution in [2.75, 3.05) is 13.1 Å². The molecule has 1 heterocycles. The quantitative estimate of drug-likeness (QED) is 0.900. The first-order chi connectivity index (χ1) is 9.39. The third kappa shape index (κ3) is 3.81. The summed E-state index contributed by atoms with van der Waals surface area (Å²) in [5, 5.41) is 11.9. The molecule has 1 aliphatic carbocycles. The summed E-state index contributed by atoms with van der Waals surface area (Å²) in [4.78, 5) is 0. The van der Waals surface area contributed by atoms with Gasteiger partial charge >= 0.3 is 0 Å². The molecule has 0 aromatic carbocycles. The molecule has 1 aromatic heterocycles.